The van der Waals surface area contributed by atoms with Crippen molar-refractivity contribution in [3.05, 3.63) is 67.3 Å². The van der Waals surface area contributed by atoms with Crippen LogP contribution in [0, 0.1) is 17.8 Å². The van der Waals surface area contributed by atoms with E-state index in [4.69, 9.17) is 0 Å². The van der Waals surface area contributed by atoms with E-state index in [0.717, 1.165) is 24.7 Å². The monoisotopic (exact) mass is 531 g/mol. The third-order valence-corrected chi connectivity index (χ3v) is 6.79. The fourth-order valence-electron chi connectivity index (χ4n) is 4.57. The van der Waals surface area contributed by atoms with Crippen LogP contribution >= 0.6 is 0 Å². The molecule has 38 heavy (non-hydrogen) atoms. The zero-order valence-corrected chi connectivity index (χ0v) is 23.2. The van der Waals surface area contributed by atoms with Crippen LogP contribution in [0.2, 0.25) is 0 Å². The van der Waals surface area contributed by atoms with E-state index in [1.54, 1.807) is 0 Å². The van der Waals surface area contributed by atoms with Crippen LogP contribution in [0.25, 0.3) is 0 Å². The van der Waals surface area contributed by atoms with Crippen LogP contribution in [0.1, 0.15) is 70.8 Å². The van der Waals surface area contributed by atoms with E-state index in [1.165, 1.54) is 88.7 Å². The van der Waals surface area contributed by atoms with Crippen molar-refractivity contribution < 1.29 is 18.4 Å². The quantitative estimate of drug-likeness (QED) is 0.183. The van der Waals surface area contributed by atoms with Gasteiger partial charge in [-0.2, -0.15) is 0 Å². The van der Waals surface area contributed by atoms with Crippen LogP contribution < -0.4 is 16.0 Å². The Morgan fingerprint density at radius 3 is 2.34 bits per heavy atom. The summed E-state index contributed by atoms with van der Waals surface area (Å²) in [4.78, 5) is 21.2. The first kappa shape index (κ1) is 33.2. The van der Waals surface area contributed by atoms with Crippen LogP contribution in [-0.2, 0) is 15.5 Å². The highest BCUT2D eigenvalue weighted by molar-refractivity contribution is 5.93. The second kappa shape index (κ2) is 19.3. The van der Waals surface area contributed by atoms with E-state index in [-0.39, 0.29) is 17.8 Å². The first-order valence-electron chi connectivity index (χ1n) is 13.8. The first-order valence-corrected chi connectivity index (χ1v) is 13.8. The van der Waals surface area contributed by atoms with Crippen molar-refractivity contribution in [3.8, 4) is 0 Å². The standard InChI is InChI=1S/C13H22.C11H12F2N2O2.C5H9N.C2H4/c1-2-3-4-5-7-10-13-11-8-6-9-12-13;1-11(12,13)8-3-2-4-9(5-8)15-10(17)6-14-7-16;1-4-2-6-3-5(1)4;1-2/h2-5,13H,6-12H2,1H3;2-5,7H,6H2,1H3,(H,14,16)(H,15,17);4-6H,1-3H2;1-2H2/b3-2-,5-4-;;;. The molecule has 2 saturated carbocycles. The van der Waals surface area contributed by atoms with E-state index in [9.17, 15) is 18.4 Å². The van der Waals surface area contributed by atoms with Crippen molar-refractivity contribution in [2.24, 2.45) is 17.8 Å². The number of alkyl halides is 2. The zero-order chi connectivity index (χ0) is 28.2. The van der Waals surface area contributed by atoms with Gasteiger partial charge >= 0.3 is 0 Å². The molecule has 7 heteroatoms. The molecule has 1 heterocycles. The van der Waals surface area contributed by atoms with Gasteiger partial charge in [-0.1, -0.05) is 68.5 Å². The third kappa shape index (κ3) is 14.8. The number of amides is 2. The maximum Gasteiger partial charge on any atom is 0.270 e. The summed E-state index contributed by atoms with van der Waals surface area (Å²) in [6, 6.07) is 5.39. The van der Waals surface area contributed by atoms with E-state index in [0.29, 0.717) is 6.41 Å². The van der Waals surface area contributed by atoms with Crippen LogP contribution in [0.3, 0.4) is 0 Å². The number of piperidine rings is 1. The Morgan fingerprint density at radius 1 is 1.13 bits per heavy atom. The fourth-order valence-corrected chi connectivity index (χ4v) is 4.57. The summed E-state index contributed by atoms with van der Waals surface area (Å²) in [5.41, 5.74) is 0.0837. The molecule has 5 nitrogen and oxygen atoms in total. The van der Waals surface area contributed by atoms with Gasteiger partial charge in [0.2, 0.25) is 12.3 Å². The Balaban J connectivity index is 0.000000299. The molecule has 3 fully saturated rings. The van der Waals surface area contributed by atoms with Gasteiger partial charge in [0.05, 0.1) is 6.54 Å². The highest BCUT2D eigenvalue weighted by Gasteiger charge is 2.40. The lowest BCUT2D eigenvalue weighted by atomic mass is 9.86. The molecule has 3 N–H and O–H groups in total. The minimum absolute atomic E-state index is 0.182. The van der Waals surface area contributed by atoms with Crippen LogP contribution in [0.15, 0.2) is 61.7 Å². The van der Waals surface area contributed by atoms with Gasteiger partial charge in [0.25, 0.3) is 5.92 Å². The molecule has 3 aliphatic rings. The van der Waals surface area contributed by atoms with Crippen LogP contribution in [0.4, 0.5) is 14.5 Å². The number of hydrogen-bond donors (Lipinski definition) is 3. The van der Waals surface area contributed by atoms with E-state index in [1.807, 2.05) is 0 Å². The van der Waals surface area contributed by atoms with Crippen molar-refractivity contribution in [1.29, 1.82) is 0 Å². The number of allylic oxidation sites excluding steroid dienone is 4. The molecular formula is C31H47F2N3O2. The Hall–Kier alpha value is -2.80. The second-order valence-electron chi connectivity index (χ2n) is 9.97. The van der Waals surface area contributed by atoms with Crippen molar-refractivity contribution in [1.82, 2.24) is 10.6 Å². The minimum atomic E-state index is -2.96. The number of hydrogen-bond acceptors (Lipinski definition) is 3. The summed E-state index contributed by atoms with van der Waals surface area (Å²) in [5.74, 6) is -0.199. The van der Waals surface area contributed by atoms with Gasteiger partial charge in [0.15, 0.2) is 0 Å². The molecule has 1 aromatic carbocycles. The molecule has 1 aliphatic heterocycles. The summed E-state index contributed by atoms with van der Waals surface area (Å²) in [5, 5.41) is 7.89. The largest absolute Gasteiger partial charge is 0.350 e. The molecule has 0 spiro atoms. The Labute approximate surface area is 228 Å². The SMILES string of the molecule is C/C=C\C=C/CCC1CCCCC1.C1NCC2CC12.C=C.CC(F)(F)c1cccc(NC(=O)CNC=O)c1. The number of rotatable bonds is 9. The average molecular weight is 532 g/mol. The molecule has 2 amide bonds. The predicted octanol–water partition coefficient (Wildman–Crippen LogP) is 6.99. The number of fused-ring (bicyclic) bond motifs is 1. The number of benzene rings is 1. The number of carbonyl (C=O) groups excluding carboxylic acids is 2. The number of nitrogens with one attached hydrogen (secondary N) is 3. The third-order valence-electron chi connectivity index (χ3n) is 6.79. The molecule has 0 bridgehead atoms. The first-order chi connectivity index (χ1) is 18.3. The van der Waals surface area contributed by atoms with E-state index < -0.39 is 11.8 Å². The topological polar surface area (TPSA) is 70.2 Å². The Kier molecular flexibility index (Phi) is 16.9. The molecule has 0 aromatic heterocycles. The highest BCUT2D eigenvalue weighted by Crippen LogP contribution is 2.40. The lowest BCUT2D eigenvalue weighted by Crippen LogP contribution is -2.27. The molecule has 2 atom stereocenters. The molecule has 1 saturated heterocycles. The molecular weight excluding hydrogens is 484 g/mol. The van der Waals surface area contributed by atoms with Gasteiger partial charge in [-0.15, -0.1) is 13.2 Å². The maximum absolute atomic E-state index is 13.0. The summed E-state index contributed by atoms with van der Waals surface area (Å²) < 4.78 is 26.0. The summed E-state index contributed by atoms with van der Waals surface area (Å²) in [6.07, 6.45) is 20.6. The molecule has 212 valence electrons. The van der Waals surface area contributed by atoms with Crippen LogP contribution in [0.5, 0.6) is 0 Å². The van der Waals surface area contributed by atoms with Gasteiger partial charge in [0.1, 0.15) is 0 Å². The van der Waals surface area contributed by atoms with E-state index >= 15 is 0 Å². The molecule has 2 unspecified atom stereocenters. The molecule has 4 rings (SSSR count). The number of halogens is 2. The predicted molar refractivity (Wildman–Crippen MR) is 154 cm³/mol. The fraction of sp³-hybridized carbons (Fsp3) is 0.548. The van der Waals surface area contributed by atoms with Crippen LogP contribution in [-0.4, -0.2) is 32.0 Å². The normalized spacial score (nSPS) is 20.1. The van der Waals surface area contributed by atoms with Gasteiger partial charge < -0.3 is 16.0 Å². The zero-order valence-electron chi connectivity index (χ0n) is 23.2. The Morgan fingerprint density at radius 2 is 1.82 bits per heavy atom. The second-order valence-corrected chi connectivity index (χ2v) is 9.97. The van der Waals surface area contributed by atoms with Crippen molar-refractivity contribution in [2.75, 3.05) is 25.0 Å². The Bertz CT molecular complexity index is 853. The minimum Gasteiger partial charge on any atom is -0.350 e. The highest BCUT2D eigenvalue weighted by atomic mass is 19.3. The molecule has 1 aromatic rings. The van der Waals surface area contributed by atoms with Gasteiger partial charge in [0, 0.05) is 18.2 Å². The number of anilines is 1. The lowest BCUT2D eigenvalue weighted by molar-refractivity contribution is -0.118. The molecule has 2 aliphatic carbocycles. The van der Waals surface area contributed by atoms with Gasteiger partial charge in [-0.25, -0.2) is 8.78 Å². The average Bonchev–Trinajstić information content (AvgIpc) is 3.53. The molecule has 0 radical (unpaired) electrons. The summed E-state index contributed by atoms with van der Waals surface area (Å²) in [7, 11) is 0. The number of carbonyl (C=O) groups is 2. The summed E-state index contributed by atoms with van der Waals surface area (Å²) in [6.45, 7) is 11.3. The van der Waals surface area contributed by atoms with Crippen molar-refractivity contribution >= 4 is 18.0 Å². The van der Waals surface area contributed by atoms with Gasteiger partial charge in [-0.3, -0.25) is 9.59 Å². The van der Waals surface area contributed by atoms with Gasteiger partial charge in [-0.05, 0) is 69.2 Å². The smallest absolute Gasteiger partial charge is 0.270 e. The van der Waals surface area contributed by atoms with Crippen molar-refractivity contribution in [3.63, 3.8) is 0 Å². The van der Waals surface area contributed by atoms with Crippen molar-refractivity contribution in [2.45, 2.75) is 71.1 Å². The van der Waals surface area contributed by atoms with E-state index in [2.05, 4.69) is 60.3 Å². The lowest BCUT2D eigenvalue weighted by Gasteiger charge is -2.20. The maximum atomic E-state index is 13.0. The summed E-state index contributed by atoms with van der Waals surface area (Å²) >= 11 is 0.